The van der Waals surface area contributed by atoms with Gasteiger partial charge in [-0.1, -0.05) is 0 Å². The molecule has 2 rings (SSSR count). The summed E-state index contributed by atoms with van der Waals surface area (Å²) in [7, 11) is 0. The van der Waals surface area contributed by atoms with Crippen LogP contribution in [0, 0.1) is 27.7 Å². The van der Waals surface area contributed by atoms with Gasteiger partial charge in [-0.15, -0.1) is 0 Å². The maximum Gasteiger partial charge on any atom is 0.295 e. The number of nitro groups is 1. The quantitative estimate of drug-likeness (QED) is 0.681. The average molecular weight is 288 g/mol. The maximum atomic E-state index is 13.6. The molecule has 0 amide bonds. The van der Waals surface area contributed by atoms with Crippen molar-refractivity contribution in [3.63, 3.8) is 0 Å². The van der Waals surface area contributed by atoms with Crippen LogP contribution >= 0.6 is 11.8 Å². The van der Waals surface area contributed by atoms with E-state index < -0.39 is 22.2 Å². The number of hydrogen-bond acceptors (Lipinski definition) is 4. The molecule has 1 aliphatic rings. The molecule has 19 heavy (non-hydrogen) atoms. The fourth-order valence-corrected chi connectivity index (χ4v) is 3.26. The van der Waals surface area contributed by atoms with E-state index in [0.29, 0.717) is 12.5 Å². The Morgan fingerprint density at radius 3 is 2.68 bits per heavy atom. The molecule has 0 aromatic heterocycles. The Labute approximate surface area is 113 Å². The van der Waals surface area contributed by atoms with E-state index in [1.165, 1.54) is 0 Å². The zero-order valence-corrected chi connectivity index (χ0v) is 11.0. The van der Waals surface area contributed by atoms with E-state index in [-0.39, 0.29) is 5.69 Å². The third kappa shape index (κ3) is 3.34. The molecular weight excluding hydrogens is 274 g/mol. The van der Waals surface area contributed by atoms with Gasteiger partial charge in [-0.2, -0.15) is 11.8 Å². The molecule has 0 aliphatic carbocycles. The first-order chi connectivity index (χ1) is 9.09. The lowest BCUT2D eigenvalue weighted by Gasteiger charge is -2.22. The number of thioether (sulfide) groups is 1. The SMILES string of the molecule is O=[N+]([O-])c1ccc(F)c(F)c1NCC1CCSCC1. The van der Waals surface area contributed by atoms with Gasteiger partial charge >= 0.3 is 0 Å². The number of nitrogens with one attached hydrogen (secondary N) is 1. The first-order valence-corrected chi connectivity index (χ1v) is 7.19. The summed E-state index contributed by atoms with van der Waals surface area (Å²) < 4.78 is 26.8. The number of halogens is 2. The van der Waals surface area contributed by atoms with E-state index >= 15 is 0 Å². The van der Waals surface area contributed by atoms with Crippen molar-refractivity contribution in [2.45, 2.75) is 12.8 Å². The number of nitrogens with zero attached hydrogens (tertiary/aromatic N) is 1. The molecule has 1 aromatic carbocycles. The first-order valence-electron chi connectivity index (χ1n) is 6.03. The highest BCUT2D eigenvalue weighted by Crippen LogP contribution is 2.30. The van der Waals surface area contributed by atoms with Gasteiger partial charge in [0.2, 0.25) is 0 Å². The third-order valence-corrected chi connectivity index (χ3v) is 4.23. The zero-order valence-electron chi connectivity index (χ0n) is 10.2. The Bertz CT molecular complexity index is 479. The van der Waals surface area contributed by atoms with Gasteiger partial charge in [0.15, 0.2) is 17.3 Å². The summed E-state index contributed by atoms with van der Waals surface area (Å²) in [5.41, 5.74) is -0.771. The highest BCUT2D eigenvalue weighted by molar-refractivity contribution is 7.99. The van der Waals surface area contributed by atoms with Crippen molar-refractivity contribution in [3.8, 4) is 0 Å². The molecule has 1 aliphatic heterocycles. The van der Waals surface area contributed by atoms with Crippen LogP contribution in [0.15, 0.2) is 12.1 Å². The molecule has 1 heterocycles. The molecule has 0 unspecified atom stereocenters. The highest BCUT2D eigenvalue weighted by Gasteiger charge is 2.22. The van der Waals surface area contributed by atoms with Crippen molar-refractivity contribution in [2.75, 3.05) is 23.4 Å². The number of benzene rings is 1. The van der Waals surface area contributed by atoms with E-state index in [9.17, 15) is 18.9 Å². The van der Waals surface area contributed by atoms with Gasteiger partial charge in [-0.25, -0.2) is 8.78 Å². The Hall–Kier alpha value is -1.37. The lowest BCUT2D eigenvalue weighted by molar-refractivity contribution is -0.384. The summed E-state index contributed by atoms with van der Waals surface area (Å²) in [5.74, 6) is 0.176. The molecule has 1 aromatic rings. The van der Waals surface area contributed by atoms with Crippen LogP contribution in [-0.2, 0) is 0 Å². The third-order valence-electron chi connectivity index (χ3n) is 3.18. The van der Waals surface area contributed by atoms with Crippen molar-refractivity contribution in [1.29, 1.82) is 0 Å². The number of nitro benzene ring substituents is 1. The van der Waals surface area contributed by atoms with Gasteiger partial charge in [0.05, 0.1) is 4.92 Å². The minimum atomic E-state index is -1.18. The van der Waals surface area contributed by atoms with Crippen LogP contribution in [-0.4, -0.2) is 23.0 Å². The molecule has 0 radical (unpaired) electrons. The molecule has 0 atom stereocenters. The molecular formula is C12H14F2N2O2S. The van der Waals surface area contributed by atoms with Gasteiger partial charge in [0.25, 0.3) is 5.69 Å². The summed E-state index contributed by atoms with van der Waals surface area (Å²) in [5, 5.41) is 13.5. The Morgan fingerprint density at radius 2 is 2.05 bits per heavy atom. The lowest BCUT2D eigenvalue weighted by Crippen LogP contribution is -2.20. The van der Waals surface area contributed by atoms with E-state index in [4.69, 9.17) is 0 Å². The van der Waals surface area contributed by atoms with Crippen LogP contribution < -0.4 is 5.32 Å². The Kier molecular flexibility index (Phi) is 4.57. The first kappa shape index (κ1) is 14.0. The molecule has 1 saturated heterocycles. The predicted octanol–water partition coefficient (Wildman–Crippen LogP) is 3.43. The largest absolute Gasteiger partial charge is 0.377 e. The molecule has 7 heteroatoms. The zero-order chi connectivity index (χ0) is 13.8. The summed E-state index contributed by atoms with van der Waals surface area (Å²) in [6, 6.07) is 1.76. The van der Waals surface area contributed by atoms with Gasteiger partial charge in [0.1, 0.15) is 0 Å². The molecule has 1 N–H and O–H groups in total. The van der Waals surface area contributed by atoms with Crippen molar-refractivity contribution in [2.24, 2.45) is 5.92 Å². The number of rotatable bonds is 4. The van der Waals surface area contributed by atoms with Crippen molar-refractivity contribution in [3.05, 3.63) is 33.9 Å². The molecule has 1 fully saturated rings. The van der Waals surface area contributed by atoms with E-state index in [1.807, 2.05) is 11.8 Å². The molecule has 4 nitrogen and oxygen atoms in total. The standard InChI is InChI=1S/C12H14F2N2O2S/c13-9-1-2-10(16(17)18)12(11(9)14)15-7-8-3-5-19-6-4-8/h1-2,8,15H,3-7H2. The summed E-state index contributed by atoms with van der Waals surface area (Å²) in [6.07, 6.45) is 1.98. The molecule has 104 valence electrons. The minimum absolute atomic E-state index is 0.344. The number of anilines is 1. The van der Waals surface area contributed by atoms with Crippen LogP contribution in [0.4, 0.5) is 20.2 Å². The monoisotopic (exact) mass is 288 g/mol. The van der Waals surface area contributed by atoms with E-state index in [1.54, 1.807) is 0 Å². The Balaban J connectivity index is 2.13. The van der Waals surface area contributed by atoms with Crippen LogP contribution in [0.25, 0.3) is 0 Å². The summed E-state index contributed by atoms with van der Waals surface area (Å²) in [4.78, 5) is 10.1. The fourth-order valence-electron chi connectivity index (χ4n) is 2.06. The minimum Gasteiger partial charge on any atom is -0.377 e. The predicted molar refractivity (Wildman–Crippen MR) is 71.6 cm³/mol. The second-order valence-corrected chi connectivity index (χ2v) is 5.67. The van der Waals surface area contributed by atoms with Crippen molar-refractivity contribution >= 4 is 23.1 Å². The lowest BCUT2D eigenvalue weighted by atomic mass is 10.0. The van der Waals surface area contributed by atoms with Crippen molar-refractivity contribution < 1.29 is 13.7 Å². The maximum absolute atomic E-state index is 13.6. The topological polar surface area (TPSA) is 55.2 Å². The van der Waals surface area contributed by atoms with Gasteiger partial charge in [-0.3, -0.25) is 10.1 Å². The number of hydrogen-bond donors (Lipinski definition) is 1. The van der Waals surface area contributed by atoms with Gasteiger partial charge in [0, 0.05) is 12.6 Å². The molecule has 0 saturated carbocycles. The van der Waals surface area contributed by atoms with E-state index in [2.05, 4.69) is 5.32 Å². The molecule has 0 spiro atoms. The van der Waals surface area contributed by atoms with E-state index in [0.717, 1.165) is 36.5 Å². The smallest absolute Gasteiger partial charge is 0.295 e. The van der Waals surface area contributed by atoms with Gasteiger partial charge in [-0.05, 0) is 36.3 Å². The van der Waals surface area contributed by atoms with Crippen LogP contribution in [0.3, 0.4) is 0 Å². The van der Waals surface area contributed by atoms with Crippen LogP contribution in [0.5, 0.6) is 0 Å². The Morgan fingerprint density at radius 1 is 1.37 bits per heavy atom. The normalized spacial score (nSPS) is 16.3. The van der Waals surface area contributed by atoms with Gasteiger partial charge < -0.3 is 5.32 Å². The fraction of sp³-hybridized carbons (Fsp3) is 0.500. The summed E-state index contributed by atoms with van der Waals surface area (Å²) >= 11 is 1.86. The summed E-state index contributed by atoms with van der Waals surface area (Å²) in [6.45, 7) is 0.432. The van der Waals surface area contributed by atoms with Crippen molar-refractivity contribution in [1.82, 2.24) is 0 Å². The highest BCUT2D eigenvalue weighted by atomic mass is 32.2. The molecule has 0 bridgehead atoms. The second-order valence-electron chi connectivity index (χ2n) is 4.45. The second kappa shape index (κ2) is 6.18. The average Bonchev–Trinajstić information content (AvgIpc) is 2.41. The van der Waals surface area contributed by atoms with Crippen LogP contribution in [0.1, 0.15) is 12.8 Å². The van der Waals surface area contributed by atoms with Crippen LogP contribution in [0.2, 0.25) is 0 Å².